The Labute approximate surface area is 134 Å². The number of urea groups is 1. The van der Waals surface area contributed by atoms with Gasteiger partial charge in [0.15, 0.2) is 0 Å². The largest absolute Gasteiger partial charge is 0.380 e. The molecule has 0 radical (unpaired) electrons. The van der Waals surface area contributed by atoms with Crippen molar-refractivity contribution in [2.75, 3.05) is 24.8 Å². The van der Waals surface area contributed by atoms with Crippen molar-refractivity contribution in [1.82, 2.24) is 5.32 Å². The predicted molar refractivity (Wildman–Crippen MR) is 89.6 cm³/mol. The molecule has 2 rings (SSSR count). The highest BCUT2D eigenvalue weighted by molar-refractivity contribution is 6.04. The van der Waals surface area contributed by atoms with Gasteiger partial charge in [-0.3, -0.25) is 4.79 Å². The average Bonchev–Trinajstić information content (AvgIpc) is 2.56. The van der Waals surface area contributed by atoms with Gasteiger partial charge in [0, 0.05) is 31.1 Å². The molecule has 0 aliphatic heterocycles. The number of benzene rings is 2. The van der Waals surface area contributed by atoms with E-state index in [4.69, 9.17) is 4.74 Å². The zero-order chi connectivity index (χ0) is 16.7. The lowest BCUT2D eigenvalue weighted by Crippen LogP contribution is -2.24. The molecule has 0 aliphatic carbocycles. The Balaban J connectivity index is 2.04. The molecule has 0 heterocycles. The van der Waals surface area contributed by atoms with E-state index in [0.29, 0.717) is 23.5 Å². The van der Waals surface area contributed by atoms with E-state index in [0.717, 1.165) is 5.56 Å². The number of methoxy groups -OCH3 is 1. The second kappa shape index (κ2) is 7.95. The quantitative estimate of drug-likeness (QED) is 0.794. The number of hydrogen-bond donors (Lipinski definition) is 3. The summed E-state index contributed by atoms with van der Waals surface area (Å²) in [5, 5.41) is 7.92. The lowest BCUT2D eigenvalue weighted by molar-refractivity contribution is 0.102. The first-order chi connectivity index (χ1) is 11.1. The minimum atomic E-state index is -0.317. The minimum Gasteiger partial charge on any atom is -0.380 e. The molecule has 0 bridgehead atoms. The van der Waals surface area contributed by atoms with Crippen molar-refractivity contribution >= 4 is 23.3 Å². The summed E-state index contributed by atoms with van der Waals surface area (Å²) >= 11 is 0. The molecule has 0 saturated carbocycles. The van der Waals surface area contributed by atoms with Crippen LogP contribution in [-0.4, -0.2) is 26.1 Å². The molecule has 2 aromatic carbocycles. The van der Waals surface area contributed by atoms with Crippen molar-refractivity contribution in [2.45, 2.75) is 6.61 Å². The highest BCUT2D eigenvalue weighted by Crippen LogP contribution is 2.16. The number of anilines is 2. The normalized spacial score (nSPS) is 10.0. The van der Waals surface area contributed by atoms with Crippen LogP contribution in [0, 0.1) is 0 Å². The monoisotopic (exact) mass is 313 g/mol. The predicted octanol–water partition coefficient (Wildman–Crippen LogP) is 2.84. The molecule has 0 saturated heterocycles. The second-order valence-electron chi connectivity index (χ2n) is 4.87. The topological polar surface area (TPSA) is 79.5 Å². The van der Waals surface area contributed by atoms with Crippen LogP contribution in [0.4, 0.5) is 16.2 Å². The van der Waals surface area contributed by atoms with E-state index in [1.54, 1.807) is 43.5 Å². The average molecular weight is 313 g/mol. The van der Waals surface area contributed by atoms with Crippen LogP contribution in [0.15, 0.2) is 48.5 Å². The van der Waals surface area contributed by atoms with E-state index < -0.39 is 0 Å². The molecule has 3 N–H and O–H groups in total. The van der Waals surface area contributed by atoms with Crippen LogP contribution in [0.2, 0.25) is 0 Å². The summed E-state index contributed by atoms with van der Waals surface area (Å²) in [5.74, 6) is -0.217. The van der Waals surface area contributed by atoms with Crippen LogP contribution < -0.4 is 16.0 Å². The van der Waals surface area contributed by atoms with Crippen molar-refractivity contribution < 1.29 is 14.3 Å². The van der Waals surface area contributed by atoms with Crippen molar-refractivity contribution in [2.24, 2.45) is 0 Å². The number of carbonyl (C=O) groups is 2. The molecule has 0 fully saturated rings. The molecule has 2 aromatic rings. The van der Waals surface area contributed by atoms with Gasteiger partial charge in [-0.25, -0.2) is 4.79 Å². The second-order valence-corrected chi connectivity index (χ2v) is 4.87. The van der Waals surface area contributed by atoms with Gasteiger partial charge in [0.25, 0.3) is 5.91 Å². The highest BCUT2D eigenvalue weighted by Gasteiger charge is 2.07. The van der Waals surface area contributed by atoms with Crippen LogP contribution in [-0.2, 0) is 11.3 Å². The Hall–Kier alpha value is -2.86. The zero-order valence-corrected chi connectivity index (χ0v) is 13.1. The van der Waals surface area contributed by atoms with Crippen molar-refractivity contribution in [3.63, 3.8) is 0 Å². The fourth-order valence-electron chi connectivity index (χ4n) is 1.99. The number of amides is 3. The number of hydrogen-bond acceptors (Lipinski definition) is 3. The van der Waals surface area contributed by atoms with E-state index in [1.165, 1.54) is 7.05 Å². The van der Waals surface area contributed by atoms with Gasteiger partial charge in [0.1, 0.15) is 0 Å². The molecule has 0 aromatic heterocycles. The van der Waals surface area contributed by atoms with E-state index in [2.05, 4.69) is 16.0 Å². The smallest absolute Gasteiger partial charge is 0.318 e. The molecule has 0 atom stereocenters. The molecule has 6 heteroatoms. The fourth-order valence-corrected chi connectivity index (χ4v) is 1.99. The van der Waals surface area contributed by atoms with E-state index >= 15 is 0 Å². The maximum absolute atomic E-state index is 12.2. The van der Waals surface area contributed by atoms with Gasteiger partial charge in [0.05, 0.1) is 6.61 Å². The Morgan fingerprint density at radius 3 is 2.26 bits per heavy atom. The van der Waals surface area contributed by atoms with Gasteiger partial charge in [-0.05, 0) is 35.9 Å². The summed E-state index contributed by atoms with van der Waals surface area (Å²) in [4.78, 5) is 23.5. The first-order valence-electron chi connectivity index (χ1n) is 7.10. The molecular formula is C17H19N3O3. The number of carbonyl (C=O) groups excluding carboxylic acids is 2. The zero-order valence-electron chi connectivity index (χ0n) is 13.1. The SMILES string of the molecule is CNC(=O)Nc1cccc(NC(=O)c2ccc(COC)cc2)c1. The Morgan fingerprint density at radius 1 is 1.00 bits per heavy atom. The summed E-state index contributed by atoms with van der Waals surface area (Å²) < 4.78 is 5.04. The number of rotatable bonds is 5. The molecule has 120 valence electrons. The van der Waals surface area contributed by atoms with Crippen LogP contribution in [0.1, 0.15) is 15.9 Å². The lowest BCUT2D eigenvalue weighted by Gasteiger charge is -2.09. The van der Waals surface area contributed by atoms with E-state index in [9.17, 15) is 9.59 Å². The van der Waals surface area contributed by atoms with E-state index in [-0.39, 0.29) is 11.9 Å². The number of ether oxygens (including phenoxy) is 1. The molecule has 6 nitrogen and oxygen atoms in total. The fraction of sp³-hybridized carbons (Fsp3) is 0.176. The highest BCUT2D eigenvalue weighted by atomic mass is 16.5. The van der Waals surface area contributed by atoms with Crippen molar-refractivity contribution in [3.8, 4) is 0 Å². The molecule has 3 amide bonds. The van der Waals surface area contributed by atoms with Gasteiger partial charge >= 0.3 is 6.03 Å². The summed E-state index contributed by atoms with van der Waals surface area (Å²) in [5.41, 5.74) is 2.75. The van der Waals surface area contributed by atoms with Crippen LogP contribution in [0.5, 0.6) is 0 Å². The molecule has 0 aliphatic rings. The molecule has 0 unspecified atom stereocenters. The molecular weight excluding hydrogens is 294 g/mol. The standard InChI is InChI=1S/C17H19N3O3/c1-18-17(22)20-15-5-3-4-14(10-15)19-16(21)13-8-6-12(7-9-13)11-23-2/h3-10H,11H2,1-2H3,(H,19,21)(H2,18,20,22). The third-order valence-corrected chi connectivity index (χ3v) is 3.13. The van der Waals surface area contributed by atoms with Crippen molar-refractivity contribution in [1.29, 1.82) is 0 Å². The van der Waals surface area contributed by atoms with Gasteiger partial charge < -0.3 is 20.7 Å². The van der Waals surface area contributed by atoms with Gasteiger partial charge in [0.2, 0.25) is 0 Å². The number of nitrogens with one attached hydrogen (secondary N) is 3. The summed E-state index contributed by atoms with van der Waals surface area (Å²) in [6.07, 6.45) is 0. The third kappa shape index (κ3) is 4.82. The maximum Gasteiger partial charge on any atom is 0.318 e. The maximum atomic E-state index is 12.2. The molecule has 23 heavy (non-hydrogen) atoms. The van der Waals surface area contributed by atoms with E-state index in [1.807, 2.05) is 12.1 Å². The van der Waals surface area contributed by atoms with Gasteiger partial charge in [-0.1, -0.05) is 18.2 Å². The van der Waals surface area contributed by atoms with Crippen molar-refractivity contribution in [3.05, 3.63) is 59.7 Å². The minimum absolute atomic E-state index is 0.217. The Bertz CT molecular complexity index is 684. The van der Waals surface area contributed by atoms with Crippen LogP contribution >= 0.6 is 0 Å². The van der Waals surface area contributed by atoms with Crippen LogP contribution in [0.25, 0.3) is 0 Å². The molecule has 0 spiro atoms. The summed E-state index contributed by atoms with van der Waals surface area (Å²) in [6, 6.07) is 13.8. The Morgan fingerprint density at radius 2 is 1.65 bits per heavy atom. The first-order valence-corrected chi connectivity index (χ1v) is 7.10. The third-order valence-electron chi connectivity index (χ3n) is 3.13. The van der Waals surface area contributed by atoms with Crippen LogP contribution in [0.3, 0.4) is 0 Å². The van der Waals surface area contributed by atoms with Gasteiger partial charge in [-0.15, -0.1) is 0 Å². The summed E-state index contributed by atoms with van der Waals surface area (Å²) in [6.45, 7) is 0.509. The lowest BCUT2D eigenvalue weighted by atomic mass is 10.1. The Kier molecular flexibility index (Phi) is 5.71. The summed E-state index contributed by atoms with van der Waals surface area (Å²) in [7, 11) is 3.16. The van der Waals surface area contributed by atoms with Gasteiger partial charge in [-0.2, -0.15) is 0 Å². The first kappa shape index (κ1) is 16.5.